The van der Waals surface area contributed by atoms with Crippen LogP contribution in [0.15, 0.2) is 0 Å². The molecule has 0 rings (SSSR count). The Hall–Kier alpha value is 0.110. The standard InChI is InChI=1S/C5H14NO3P/c1-5(2)9-10(7,8)4-3-6/h5H,3-4,6H2,1-2H3,(H,7,8). The van der Waals surface area contributed by atoms with Crippen molar-refractivity contribution in [3.8, 4) is 0 Å². The molecule has 0 aromatic carbocycles. The van der Waals surface area contributed by atoms with Crippen molar-refractivity contribution in [2.75, 3.05) is 12.7 Å². The maximum absolute atomic E-state index is 10.9. The van der Waals surface area contributed by atoms with Crippen LogP contribution >= 0.6 is 7.60 Å². The Labute approximate surface area is 60.9 Å². The molecule has 10 heavy (non-hydrogen) atoms. The van der Waals surface area contributed by atoms with Crippen molar-refractivity contribution in [3.05, 3.63) is 0 Å². The minimum atomic E-state index is -3.37. The second-order valence-corrected chi connectivity index (χ2v) is 4.24. The highest BCUT2D eigenvalue weighted by atomic mass is 31.2. The second kappa shape index (κ2) is 4.09. The summed E-state index contributed by atoms with van der Waals surface area (Å²) in [5, 5.41) is 0. The third-order valence-corrected chi connectivity index (χ3v) is 2.36. The lowest BCUT2D eigenvalue weighted by Crippen LogP contribution is -2.09. The van der Waals surface area contributed by atoms with Crippen molar-refractivity contribution in [1.29, 1.82) is 0 Å². The molecule has 5 heteroatoms. The molecule has 4 nitrogen and oxygen atoms in total. The van der Waals surface area contributed by atoms with E-state index in [0.717, 1.165) is 0 Å². The van der Waals surface area contributed by atoms with Crippen LogP contribution < -0.4 is 5.73 Å². The van der Waals surface area contributed by atoms with Gasteiger partial charge in [-0.05, 0) is 13.8 Å². The zero-order chi connectivity index (χ0) is 8.20. The lowest BCUT2D eigenvalue weighted by molar-refractivity contribution is 0.205. The molecule has 0 radical (unpaired) electrons. The molecule has 0 amide bonds. The van der Waals surface area contributed by atoms with Crippen LogP contribution in [-0.2, 0) is 9.09 Å². The van der Waals surface area contributed by atoms with Gasteiger partial charge >= 0.3 is 7.60 Å². The smallest absolute Gasteiger partial charge is 0.329 e. The van der Waals surface area contributed by atoms with Crippen molar-refractivity contribution in [3.63, 3.8) is 0 Å². The molecule has 1 unspecified atom stereocenters. The molecule has 0 heterocycles. The average molecular weight is 167 g/mol. The molecular formula is C5H14NO3P. The minimum absolute atomic E-state index is 0.0329. The van der Waals surface area contributed by atoms with E-state index in [1.165, 1.54) is 0 Å². The lowest BCUT2D eigenvalue weighted by atomic mass is 10.5. The van der Waals surface area contributed by atoms with Crippen LogP contribution in [0.4, 0.5) is 0 Å². The highest BCUT2D eigenvalue weighted by Crippen LogP contribution is 2.42. The first-order valence-electron chi connectivity index (χ1n) is 3.18. The predicted octanol–water partition coefficient (Wildman–Crippen LogP) is 0.556. The van der Waals surface area contributed by atoms with Crippen LogP contribution in [0.5, 0.6) is 0 Å². The van der Waals surface area contributed by atoms with Gasteiger partial charge in [0.25, 0.3) is 0 Å². The third kappa shape index (κ3) is 4.94. The molecular weight excluding hydrogens is 153 g/mol. The van der Waals surface area contributed by atoms with Gasteiger partial charge in [0.15, 0.2) is 0 Å². The Morgan fingerprint density at radius 1 is 1.70 bits per heavy atom. The quantitative estimate of drug-likeness (QED) is 0.600. The summed E-state index contributed by atoms with van der Waals surface area (Å²) < 4.78 is 15.6. The first kappa shape index (κ1) is 10.1. The minimum Gasteiger partial charge on any atom is -0.330 e. The third-order valence-electron chi connectivity index (χ3n) is 0.787. The van der Waals surface area contributed by atoms with Gasteiger partial charge in [0.1, 0.15) is 0 Å². The molecule has 1 atom stereocenters. The van der Waals surface area contributed by atoms with Gasteiger partial charge in [-0.2, -0.15) is 0 Å². The monoisotopic (exact) mass is 167 g/mol. The first-order chi connectivity index (χ1) is 4.48. The SMILES string of the molecule is CC(C)OP(=O)(O)CCN. The fraction of sp³-hybridized carbons (Fsp3) is 1.00. The Morgan fingerprint density at radius 2 is 2.20 bits per heavy atom. The van der Waals surface area contributed by atoms with Gasteiger partial charge in [-0.1, -0.05) is 0 Å². The Kier molecular flexibility index (Phi) is 4.13. The van der Waals surface area contributed by atoms with Crippen LogP contribution in [0.2, 0.25) is 0 Å². The zero-order valence-electron chi connectivity index (χ0n) is 6.28. The molecule has 0 spiro atoms. The van der Waals surface area contributed by atoms with Crippen molar-refractivity contribution in [2.45, 2.75) is 20.0 Å². The zero-order valence-corrected chi connectivity index (χ0v) is 7.17. The number of rotatable bonds is 4. The molecule has 0 aliphatic rings. The molecule has 62 valence electrons. The van der Waals surface area contributed by atoms with Crippen LogP contribution in [0.3, 0.4) is 0 Å². The Bertz CT molecular complexity index is 137. The van der Waals surface area contributed by atoms with Crippen molar-refractivity contribution in [1.82, 2.24) is 0 Å². The fourth-order valence-electron chi connectivity index (χ4n) is 0.545. The van der Waals surface area contributed by atoms with Gasteiger partial charge in [-0.25, -0.2) is 0 Å². The molecule has 3 N–H and O–H groups in total. The van der Waals surface area contributed by atoms with Crippen molar-refractivity contribution in [2.24, 2.45) is 5.73 Å². The summed E-state index contributed by atoms with van der Waals surface area (Å²) in [6.07, 6.45) is -0.187. The first-order valence-corrected chi connectivity index (χ1v) is 4.94. The maximum Gasteiger partial charge on any atom is 0.329 e. The maximum atomic E-state index is 10.9. The van der Waals surface area contributed by atoms with Gasteiger partial charge in [-0.3, -0.25) is 4.57 Å². The predicted molar refractivity (Wildman–Crippen MR) is 40.0 cm³/mol. The summed E-state index contributed by atoms with van der Waals surface area (Å²) in [6, 6.07) is 0. The summed E-state index contributed by atoms with van der Waals surface area (Å²) in [5.74, 6) is 0. The van der Waals surface area contributed by atoms with E-state index in [9.17, 15) is 4.57 Å². The second-order valence-electron chi connectivity index (χ2n) is 2.30. The highest BCUT2D eigenvalue weighted by molar-refractivity contribution is 7.52. The molecule has 0 saturated carbocycles. The summed E-state index contributed by atoms with van der Waals surface area (Å²) in [6.45, 7) is 3.60. The summed E-state index contributed by atoms with van der Waals surface area (Å²) in [4.78, 5) is 8.94. The molecule has 0 fully saturated rings. The van der Waals surface area contributed by atoms with Gasteiger partial charge in [0.2, 0.25) is 0 Å². The summed E-state index contributed by atoms with van der Waals surface area (Å²) in [5.41, 5.74) is 5.08. The van der Waals surface area contributed by atoms with E-state index in [-0.39, 0.29) is 18.8 Å². The van der Waals surface area contributed by atoms with Gasteiger partial charge in [0.05, 0.1) is 12.3 Å². The van der Waals surface area contributed by atoms with E-state index >= 15 is 0 Å². The largest absolute Gasteiger partial charge is 0.330 e. The van der Waals surface area contributed by atoms with Crippen LogP contribution in [-0.4, -0.2) is 23.7 Å². The molecule has 0 saturated heterocycles. The van der Waals surface area contributed by atoms with Gasteiger partial charge in [0, 0.05) is 6.54 Å². The Balaban J connectivity index is 3.75. The molecule has 0 aromatic heterocycles. The Morgan fingerprint density at radius 3 is 2.50 bits per heavy atom. The fourth-order valence-corrected chi connectivity index (χ4v) is 1.64. The van der Waals surface area contributed by atoms with E-state index in [1.807, 2.05) is 0 Å². The van der Waals surface area contributed by atoms with E-state index < -0.39 is 7.60 Å². The van der Waals surface area contributed by atoms with Crippen LogP contribution in [0, 0.1) is 0 Å². The van der Waals surface area contributed by atoms with Crippen LogP contribution in [0.25, 0.3) is 0 Å². The van der Waals surface area contributed by atoms with Crippen molar-refractivity contribution >= 4 is 7.60 Å². The molecule has 0 aromatic rings. The van der Waals surface area contributed by atoms with Gasteiger partial charge < -0.3 is 15.2 Å². The number of nitrogens with two attached hydrogens (primary N) is 1. The van der Waals surface area contributed by atoms with Crippen LogP contribution in [0.1, 0.15) is 13.8 Å². The lowest BCUT2D eigenvalue weighted by Gasteiger charge is -2.13. The summed E-state index contributed by atoms with van der Waals surface area (Å²) in [7, 11) is -3.37. The summed E-state index contributed by atoms with van der Waals surface area (Å²) >= 11 is 0. The molecule has 0 bridgehead atoms. The average Bonchev–Trinajstić information content (AvgIpc) is 1.59. The van der Waals surface area contributed by atoms with Gasteiger partial charge in [-0.15, -0.1) is 0 Å². The van der Waals surface area contributed by atoms with E-state index in [2.05, 4.69) is 0 Å². The normalized spacial score (nSPS) is 17.3. The van der Waals surface area contributed by atoms with Crippen molar-refractivity contribution < 1.29 is 14.0 Å². The topological polar surface area (TPSA) is 72.5 Å². The van der Waals surface area contributed by atoms with E-state index in [4.69, 9.17) is 15.2 Å². The number of hydrogen-bond donors (Lipinski definition) is 2. The van der Waals surface area contributed by atoms with E-state index in [0.29, 0.717) is 0 Å². The highest BCUT2D eigenvalue weighted by Gasteiger charge is 2.18. The molecule has 0 aliphatic carbocycles. The molecule has 0 aliphatic heterocycles. The van der Waals surface area contributed by atoms with E-state index in [1.54, 1.807) is 13.8 Å². The number of hydrogen-bond acceptors (Lipinski definition) is 3.